The molecule has 0 fully saturated rings. The number of carbonyl (C=O) groups is 2. The molecule has 1 aromatic heterocycles. The van der Waals surface area contributed by atoms with Gasteiger partial charge in [0.15, 0.2) is 5.69 Å². The minimum absolute atomic E-state index is 0.144. The molecule has 82 valence electrons. The Kier molecular flexibility index (Phi) is 3.08. The van der Waals surface area contributed by atoms with E-state index in [2.05, 4.69) is 9.68 Å². The number of amides is 1. The van der Waals surface area contributed by atoms with E-state index >= 15 is 0 Å². The zero-order valence-electron chi connectivity index (χ0n) is 8.72. The van der Waals surface area contributed by atoms with E-state index in [0.29, 0.717) is 5.56 Å². The number of carbonyl (C=O) groups excluding carboxylic acids is 1. The summed E-state index contributed by atoms with van der Waals surface area (Å²) in [6.45, 7) is 3.10. The number of rotatable bonds is 3. The summed E-state index contributed by atoms with van der Waals surface area (Å²) in [6.07, 6.45) is 1.34. The second-order valence-corrected chi connectivity index (χ2v) is 3.28. The van der Waals surface area contributed by atoms with Crippen LogP contribution in [0.15, 0.2) is 10.8 Å². The fourth-order valence-corrected chi connectivity index (χ4v) is 1.00. The highest BCUT2D eigenvalue weighted by molar-refractivity contribution is 5.95. The highest BCUT2D eigenvalue weighted by Gasteiger charge is 2.25. The van der Waals surface area contributed by atoms with Crippen molar-refractivity contribution in [2.45, 2.75) is 19.9 Å². The van der Waals surface area contributed by atoms with Crippen LogP contribution in [0.5, 0.6) is 0 Å². The number of hydrogen-bond donors (Lipinski definition) is 1. The van der Waals surface area contributed by atoms with Gasteiger partial charge in [0.1, 0.15) is 12.3 Å². The van der Waals surface area contributed by atoms with Crippen LogP contribution in [0.3, 0.4) is 0 Å². The van der Waals surface area contributed by atoms with Crippen molar-refractivity contribution in [1.82, 2.24) is 10.1 Å². The van der Waals surface area contributed by atoms with E-state index in [9.17, 15) is 9.59 Å². The number of carboxylic acid groups (broad SMARTS) is 1. The summed E-state index contributed by atoms with van der Waals surface area (Å²) in [7, 11) is 1.41. The first-order valence-electron chi connectivity index (χ1n) is 4.36. The summed E-state index contributed by atoms with van der Waals surface area (Å²) < 4.78 is 4.61. The van der Waals surface area contributed by atoms with E-state index in [0.717, 1.165) is 4.90 Å². The molecule has 0 bridgehead atoms. The van der Waals surface area contributed by atoms with Crippen LogP contribution in [0.4, 0.5) is 0 Å². The van der Waals surface area contributed by atoms with Crippen molar-refractivity contribution in [2.75, 3.05) is 7.05 Å². The number of carboxylic acids is 1. The van der Waals surface area contributed by atoms with Gasteiger partial charge in [-0.3, -0.25) is 4.79 Å². The van der Waals surface area contributed by atoms with Gasteiger partial charge in [0, 0.05) is 12.6 Å². The van der Waals surface area contributed by atoms with Crippen LogP contribution in [-0.2, 0) is 4.79 Å². The number of nitrogens with zero attached hydrogens (tertiary/aromatic N) is 2. The van der Waals surface area contributed by atoms with Crippen molar-refractivity contribution in [3.63, 3.8) is 0 Å². The van der Waals surface area contributed by atoms with E-state index in [1.807, 2.05) is 0 Å². The lowest BCUT2D eigenvalue weighted by atomic mass is 10.2. The van der Waals surface area contributed by atoms with Crippen LogP contribution in [0, 0.1) is 6.92 Å². The first-order valence-corrected chi connectivity index (χ1v) is 4.36. The van der Waals surface area contributed by atoms with Crippen LogP contribution >= 0.6 is 0 Å². The quantitative estimate of drug-likeness (QED) is 0.790. The van der Waals surface area contributed by atoms with Gasteiger partial charge in [-0.25, -0.2) is 4.79 Å². The molecule has 0 aliphatic heterocycles. The monoisotopic (exact) mass is 212 g/mol. The van der Waals surface area contributed by atoms with Gasteiger partial charge in [-0.05, 0) is 13.8 Å². The van der Waals surface area contributed by atoms with E-state index in [1.54, 1.807) is 6.92 Å². The summed E-state index contributed by atoms with van der Waals surface area (Å²) in [5, 5.41) is 12.2. The molecule has 0 saturated heterocycles. The number of aliphatic carboxylic acids is 1. The van der Waals surface area contributed by atoms with Crippen LogP contribution < -0.4 is 0 Å². The maximum atomic E-state index is 11.7. The Bertz CT molecular complexity index is 385. The minimum Gasteiger partial charge on any atom is -0.480 e. The maximum absolute atomic E-state index is 11.7. The molecule has 6 nitrogen and oxygen atoms in total. The molecule has 1 rings (SSSR count). The Morgan fingerprint density at radius 1 is 1.60 bits per heavy atom. The molecule has 0 radical (unpaired) electrons. The molecule has 0 spiro atoms. The van der Waals surface area contributed by atoms with E-state index < -0.39 is 17.9 Å². The SMILES string of the molecule is Cc1conc1C(=O)N(C)C(C)C(=O)O. The predicted octanol–water partition coefficient (Wildman–Crippen LogP) is 0.528. The molecule has 15 heavy (non-hydrogen) atoms. The normalized spacial score (nSPS) is 12.2. The largest absolute Gasteiger partial charge is 0.480 e. The van der Waals surface area contributed by atoms with Crippen LogP contribution in [0.2, 0.25) is 0 Å². The molecular weight excluding hydrogens is 200 g/mol. The second kappa shape index (κ2) is 4.12. The number of likely N-dealkylation sites (N-methyl/N-ethyl adjacent to an activating group) is 1. The van der Waals surface area contributed by atoms with E-state index in [-0.39, 0.29) is 5.69 Å². The smallest absolute Gasteiger partial charge is 0.326 e. The lowest BCUT2D eigenvalue weighted by Gasteiger charge is -2.20. The van der Waals surface area contributed by atoms with Gasteiger partial charge in [-0.1, -0.05) is 5.16 Å². The highest BCUT2D eigenvalue weighted by atomic mass is 16.5. The summed E-state index contributed by atoms with van der Waals surface area (Å²) in [6, 6.07) is -0.895. The Morgan fingerprint density at radius 3 is 2.60 bits per heavy atom. The second-order valence-electron chi connectivity index (χ2n) is 3.28. The van der Waals surface area contributed by atoms with E-state index in [1.165, 1.54) is 20.2 Å². The minimum atomic E-state index is -1.06. The van der Waals surface area contributed by atoms with E-state index in [4.69, 9.17) is 5.11 Å². The summed E-state index contributed by atoms with van der Waals surface area (Å²) in [5.41, 5.74) is 0.732. The van der Waals surface area contributed by atoms with Crippen molar-refractivity contribution >= 4 is 11.9 Å². The van der Waals surface area contributed by atoms with Gasteiger partial charge in [-0.2, -0.15) is 0 Å². The third-order valence-corrected chi connectivity index (χ3v) is 2.21. The van der Waals surface area contributed by atoms with Gasteiger partial charge < -0.3 is 14.5 Å². The number of aromatic nitrogens is 1. The molecule has 1 amide bonds. The summed E-state index contributed by atoms with van der Waals surface area (Å²) in [5.74, 6) is -1.52. The number of aryl methyl sites for hydroxylation is 1. The molecule has 6 heteroatoms. The van der Waals surface area contributed by atoms with Crippen LogP contribution in [0.1, 0.15) is 23.0 Å². The number of hydrogen-bond acceptors (Lipinski definition) is 4. The molecule has 1 N–H and O–H groups in total. The molecule has 0 aromatic carbocycles. The maximum Gasteiger partial charge on any atom is 0.326 e. The van der Waals surface area contributed by atoms with Gasteiger partial charge in [0.25, 0.3) is 5.91 Å². The average Bonchev–Trinajstić information content (AvgIpc) is 2.60. The Balaban J connectivity index is 2.86. The lowest BCUT2D eigenvalue weighted by Crippen LogP contribution is -2.40. The van der Waals surface area contributed by atoms with Gasteiger partial charge in [0.05, 0.1) is 0 Å². The molecule has 0 saturated carbocycles. The van der Waals surface area contributed by atoms with Crippen molar-refractivity contribution in [3.8, 4) is 0 Å². The van der Waals surface area contributed by atoms with Crippen LogP contribution in [-0.4, -0.2) is 40.1 Å². The molecular formula is C9H12N2O4. The van der Waals surface area contributed by atoms with Gasteiger partial charge in [0.2, 0.25) is 0 Å². The fourth-order valence-electron chi connectivity index (χ4n) is 1.00. The van der Waals surface area contributed by atoms with Gasteiger partial charge >= 0.3 is 5.97 Å². The zero-order valence-corrected chi connectivity index (χ0v) is 8.72. The molecule has 1 heterocycles. The summed E-state index contributed by atoms with van der Waals surface area (Å²) >= 11 is 0. The lowest BCUT2D eigenvalue weighted by molar-refractivity contribution is -0.141. The first-order chi connectivity index (χ1) is 6.95. The zero-order chi connectivity index (χ0) is 11.6. The third kappa shape index (κ3) is 2.15. The van der Waals surface area contributed by atoms with Gasteiger partial charge in [-0.15, -0.1) is 0 Å². The standard InChI is InChI=1S/C9H12N2O4/c1-5-4-15-10-7(5)8(12)11(3)6(2)9(13)14/h4,6H,1-3H3,(H,13,14). The topological polar surface area (TPSA) is 83.6 Å². The van der Waals surface area contributed by atoms with Crippen molar-refractivity contribution in [3.05, 3.63) is 17.5 Å². The molecule has 1 aromatic rings. The van der Waals surface area contributed by atoms with Crippen molar-refractivity contribution in [1.29, 1.82) is 0 Å². The highest BCUT2D eigenvalue weighted by Crippen LogP contribution is 2.09. The fraction of sp³-hybridized carbons (Fsp3) is 0.444. The third-order valence-electron chi connectivity index (χ3n) is 2.21. The molecule has 1 unspecified atom stereocenters. The molecule has 0 aliphatic carbocycles. The average molecular weight is 212 g/mol. The first kappa shape index (κ1) is 11.2. The predicted molar refractivity (Wildman–Crippen MR) is 50.4 cm³/mol. The summed E-state index contributed by atoms with van der Waals surface area (Å²) in [4.78, 5) is 23.5. The Labute approximate surface area is 86.5 Å². The van der Waals surface area contributed by atoms with Crippen molar-refractivity contribution in [2.24, 2.45) is 0 Å². The van der Waals surface area contributed by atoms with Crippen LogP contribution in [0.25, 0.3) is 0 Å². The Morgan fingerprint density at radius 2 is 2.20 bits per heavy atom. The molecule has 0 aliphatic rings. The molecule has 1 atom stereocenters. The Hall–Kier alpha value is -1.85. The van der Waals surface area contributed by atoms with Crippen molar-refractivity contribution < 1.29 is 19.2 Å².